The van der Waals surface area contributed by atoms with Crippen LogP contribution < -0.4 is 0 Å². The van der Waals surface area contributed by atoms with Gasteiger partial charge in [0.2, 0.25) is 0 Å². The van der Waals surface area contributed by atoms with Gasteiger partial charge in [0.1, 0.15) is 11.2 Å². The van der Waals surface area contributed by atoms with Gasteiger partial charge < -0.3 is 4.42 Å². The zero-order valence-electron chi connectivity index (χ0n) is 29.7. The van der Waals surface area contributed by atoms with E-state index in [0.29, 0.717) is 0 Å². The quantitative estimate of drug-likeness (QED) is 0.165. The fourth-order valence-corrected chi connectivity index (χ4v) is 7.31. The van der Waals surface area contributed by atoms with Crippen LogP contribution in [0.3, 0.4) is 0 Å². The molecule has 0 atom stereocenters. The zero-order chi connectivity index (χ0) is 36.6. The van der Waals surface area contributed by atoms with Crippen LogP contribution in [-0.2, 0) is 0 Å². The fourth-order valence-electron chi connectivity index (χ4n) is 7.31. The summed E-state index contributed by atoms with van der Waals surface area (Å²) in [4.78, 5) is 18.4. The van der Waals surface area contributed by atoms with E-state index in [0.717, 1.165) is 100 Å². The molecule has 0 radical (unpaired) electrons. The van der Waals surface area contributed by atoms with Gasteiger partial charge in [0.25, 0.3) is 0 Å². The predicted molar refractivity (Wildman–Crippen MR) is 223 cm³/mol. The minimum Gasteiger partial charge on any atom is -0.456 e. The van der Waals surface area contributed by atoms with Gasteiger partial charge in [0.05, 0.1) is 22.8 Å². The third-order valence-electron chi connectivity index (χ3n) is 10.1. The van der Waals surface area contributed by atoms with Crippen molar-refractivity contribution in [1.29, 1.82) is 0 Å². The van der Waals surface area contributed by atoms with Crippen molar-refractivity contribution in [2.45, 2.75) is 0 Å². The molecule has 5 aromatic heterocycles. The molecule has 10 rings (SSSR count). The molecule has 5 nitrogen and oxygen atoms in total. The lowest BCUT2D eigenvalue weighted by Gasteiger charge is -2.13. The first-order chi connectivity index (χ1) is 27.2. The first-order valence-electron chi connectivity index (χ1n) is 18.3. The van der Waals surface area contributed by atoms with Crippen molar-refractivity contribution < 1.29 is 4.42 Å². The van der Waals surface area contributed by atoms with Crippen LogP contribution >= 0.6 is 0 Å². The molecule has 0 spiro atoms. The normalized spacial score (nSPS) is 11.3. The molecule has 55 heavy (non-hydrogen) atoms. The second-order valence-corrected chi connectivity index (χ2v) is 13.6. The van der Waals surface area contributed by atoms with Crippen LogP contribution in [-0.4, -0.2) is 19.9 Å². The zero-order valence-corrected chi connectivity index (χ0v) is 29.7. The van der Waals surface area contributed by atoms with Crippen LogP contribution in [0.1, 0.15) is 0 Å². The van der Waals surface area contributed by atoms with Gasteiger partial charge >= 0.3 is 0 Å². The summed E-state index contributed by atoms with van der Waals surface area (Å²) in [6, 6.07) is 59.2. The number of pyridine rings is 4. The first kappa shape index (κ1) is 32.2. The third kappa shape index (κ3) is 6.34. The van der Waals surface area contributed by atoms with E-state index in [1.54, 1.807) is 24.8 Å². The monoisotopic (exact) mass is 704 g/mol. The molecule has 0 fully saturated rings. The van der Waals surface area contributed by atoms with Crippen molar-refractivity contribution in [1.82, 2.24) is 19.9 Å². The molecule has 5 heteroatoms. The van der Waals surface area contributed by atoms with Crippen molar-refractivity contribution >= 4 is 21.9 Å². The van der Waals surface area contributed by atoms with Crippen LogP contribution in [0.4, 0.5) is 0 Å². The van der Waals surface area contributed by atoms with Crippen molar-refractivity contribution in [2.24, 2.45) is 0 Å². The molecule has 258 valence electrons. The molecule has 0 saturated carbocycles. The van der Waals surface area contributed by atoms with Crippen LogP contribution in [0.2, 0.25) is 0 Å². The van der Waals surface area contributed by atoms with Crippen molar-refractivity contribution in [3.8, 4) is 78.4 Å². The Balaban J connectivity index is 1.10. The average molecular weight is 705 g/mol. The predicted octanol–water partition coefficient (Wildman–Crippen LogP) is 12.8. The summed E-state index contributed by atoms with van der Waals surface area (Å²) in [5.74, 6) is 0. The second-order valence-electron chi connectivity index (χ2n) is 13.6. The largest absolute Gasteiger partial charge is 0.456 e. The molecule has 0 bridgehead atoms. The Morgan fingerprint density at radius 2 is 0.691 bits per heavy atom. The lowest BCUT2D eigenvalue weighted by Crippen LogP contribution is -1.91. The number of nitrogens with zero attached hydrogens (tertiary/aromatic N) is 4. The number of hydrogen-bond donors (Lipinski definition) is 0. The van der Waals surface area contributed by atoms with Crippen molar-refractivity contribution in [3.63, 3.8) is 0 Å². The van der Waals surface area contributed by atoms with E-state index in [2.05, 4.69) is 131 Å². The topological polar surface area (TPSA) is 64.7 Å². The summed E-state index contributed by atoms with van der Waals surface area (Å²) in [5, 5.41) is 2.21. The molecule has 0 aliphatic heterocycles. The molecule has 10 aromatic rings. The Labute approximate surface area is 318 Å². The smallest absolute Gasteiger partial charge is 0.135 e. The highest BCUT2D eigenvalue weighted by Gasteiger charge is 2.14. The van der Waals surface area contributed by atoms with Gasteiger partial charge in [-0.3, -0.25) is 9.97 Å². The van der Waals surface area contributed by atoms with E-state index in [9.17, 15) is 0 Å². The van der Waals surface area contributed by atoms with E-state index >= 15 is 0 Å². The Hall–Kier alpha value is -7.50. The summed E-state index contributed by atoms with van der Waals surface area (Å²) < 4.78 is 6.19. The molecule has 5 heterocycles. The van der Waals surface area contributed by atoms with Gasteiger partial charge in [0, 0.05) is 57.8 Å². The minimum absolute atomic E-state index is 0.879. The summed E-state index contributed by atoms with van der Waals surface area (Å²) in [6.45, 7) is 0. The van der Waals surface area contributed by atoms with Crippen molar-refractivity contribution in [3.05, 3.63) is 195 Å². The maximum atomic E-state index is 6.19. The Morgan fingerprint density at radius 3 is 1.24 bits per heavy atom. The van der Waals surface area contributed by atoms with Crippen LogP contribution in [0.5, 0.6) is 0 Å². The number of rotatable bonds is 7. The van der Waals surface area contributed by atoms with E-state index in [1.807, 2.05) is 48.5 Å². The van der Waals surface area contributed by atoms with Crippen LogP contribution in [0, 0.1) is 0 Å². The fraction of sp³-hybridized carbons (Fsp3) is 0. The first-order valence-corrected chi connectivity index (χ1v) is 18.3. The highest BCUT2D eigenvalue weighted by Crippen LogP contribution is 2.38. The molecule has 0 aliphatic carbocycles. The van der Waals surface area contributed by atoms with E-state index in [1.165, 1.54) is 0 Å². The van der Waals surface area contributed by atoms with Crippen molar-refractivity contribution in [2.75, 3.05) is 0 Å². The lowest BCUT2D eigenvalue weighted by atomic mass is 9.91. The molecule has 0 N–H and O–H groups in total. The van der Waals surface area contributed by atoms with Gasteiger partial charge in [-0.05, 0) is 130 Å². The summed E-state index contributed by atoms with van der Waals surface area (Å²) in [6.07, 6.45) is 7.20. The number of benzene rings is 5. The SMILES string of the molecule is c1cc(-c2cc(-c3cccc(-c4cccc(-c5ccncc5)n4)c3)cc(-c3ccc4oc5ccccc5c4c3)c2)cc(-c2cccc(-c3ccncc3)n2)c1. The second kappa shape index (κ2) is 13.8. The van der Waals surface area contributed by atoms with Gasteiger partial charge in [-0.2, -0.15) is 0 Å². The standard InChI is InChI=1S/C50H32N4O/c1-2-16-49-43(11-1)44-32-37(17-18-50(44)55-49)42-30-40(35-7-3-9-38(27-35)47-14-5-12-45(53-47)33-19-23-51-24-20-33)29-41(31-42)36-8-4-10-39(28-36)48-15-6-13-46(54-48)34-21-25-52-26-22-34/h1-32H. The number of aromatic nitrogens is 4. The highest BCUT2D eigenvalue weighted by atomic mass is 16.3. The molecular formula is C50H32N4O. The molecule has 0 aliphatic rings. The molecule has 0 amide bonds. The Morgan fingerprint density at radius 1 is 0.273 bits per heavy atom. The summed E-state index contributed by atoms with van der Waals surface area (Å²) in [5.41, 5.74) is 16.3. The minimum atomic E-state index is 0.879. The van der Waals surface area contributed by atoms with Gasteiger partial charge in [-0.25, -0.2) is 9.97 Å². The molecule has 0 saturated heterocycles. The maximum absolute atomic E-state index is 6.19. The number of fused-ring (bicyclic) bond motifs is 3. The van der Waals surface area contributed by atoms with Gasteiger partial charge in [-0.15, -0.1) is 0 Å². The molecule has 5 aromatic carbocycles. The van der Waals surface area contributed by atoms with Gasteiger partial charge in [0.15, 0.2) is 0 Å². The van der Waals surface area contributed by atoms with E-state index in [4.69, 9.17) is 14.4 Å². The molecular weight excluding hydrogens is 673 g/mol. The average Bonchev–Trinajstić information content (AvgIpc) is 3.65. The number of hydrogen-bond acceptors (Lipinski definition) is 5. The number of furan rings is 1. The Kier molecular flexibility index (Phi) is 8.08. The van der Waals surface area contributed by atoms with E-state index < -0.39 is 0 Å². The summed E-state index contributed by atoms with van der Waals surface area (Å²) >= 11 is 0. The number of para-hydroxylation sites is 1. The molecule has 0 unspecified atom stereocenters. The lowest BCUT2D eigenvalue weighted by molar-refractivity contribution is 0.669. The van der Waals surface area contributed by atoms with Crippen LogP contribution in [0.25, 0.3) is 100 Å². The third-order valence-corrected chi connectivity index (χ3v) is 10.1. The summed E-state index contributed by atoms with van der Waals surface area (Å²) in [7, 11) is 0. The Bertz CT molecular complexity index is 2850. The van der Waals surface area contributed by atoms with Gasteiger partial charge in [-0.1, -0.05) is 72.8 Å². The highest BCUT2D eigenvalue weighted by molar-refractivity contribution is 6.06. The maximum Gasteiger partial charge on any atom is 0.135 e. The van der Waals surface area contributed by atoms with E-state index in [-0.39, 0.29) is 0 Å². The van der Waals surface area contributed by atoms with Crippen LogP contribution in [0.15, 0.2) is 199 Å².